The molecule has 0 saturated carbocycles. The van der Waals surface area contributed by atoms with Gasteiger partial charge in [-0.15, -0.1) is 0 Å². The molecule has 5 nitrogen and oxygen atoms in total. The zero-order valence-electron chi connectivity index (χ0n) is 11.2. The summed E-state index contributed by atoms with van der Waals surface area (Å²) in [5.41, 5.74) is 1.53. The van der Waals surface area contributed by atoms with Gasteiger partial charge in [0.15, 0.2) is 17.4 Å². The van der Waals surface area contributed by atoms with E-state index < -0.39 is 0 Å². The van der Waals surface area contributed by atoms with Crippen LogP contribution in [0.15, 0.2) is 48.9 Å². The number of para-hydroxylation sites is 1. The summed E-state index contributed by atoms with van der Waals surface area (Å²) < 4.78 is 0. The quantitative estimate of drug-likeness (QED) is 0.729. The summed E-state index contributed by atoms with van der Waals surface area (Å²) in [4.78, 5) is 35.0. The number of nitrogens with one attached hydrogen (secondary N) is 1. The van der Waals surface area contributed by atoms with E-state index in [0.717, 1.165) is 10.9 Å². The van der Waals surface area contributed by atoms with Gasteiger partial charge in [0, 0.05) is 47.9 Å². The van der Waals surface area contributed by atoms with Gasteiger partial charge in [0.2, 0.25) is 0 Å². The molecule has 2 aromatic heterocycles. The van der Waals surface area contributed by atoms with Gasteiger partial charge in [-0.25, -0.2) is 9.97 Å². The zero-order chi connectivity index (χ0) is 14.7. The van der Waals surface area contributed by atoms with E-state index in [-0.39, 0.29) is 30.2 Å². The fourth-order valence-electron chi connectivity index (χ4n) is 2.22. The van der Waals surface area contributed by atoms with Crippen LogP contribution >= 0.6 is 0 Å². The maximum Gasteiger partial charge on any atom is 0.200 e. The second kappa shape index (κ2) is 5.66. The molecule has 2 heterocycles. The molecule has 5 heteroatoms. The highest BCUT2D eigenvalue weighted by molar-refractivity contribution is 6.09. The van der Waals surface area contributed by atoms with E-state index in [0.29, 0.717) is 5.56 Å². The lowest BCUT2D eigenvalue weighted by molar-refractivity contribution is 0.0913. The molecular weight excluding hydrogens is 266 g/mol. The van der Waals surface area contributed by atoms with E-state index in [1.54, 1.807) is 12.3 Å². The second-order valence-electron chi connectivity index (χ2n) is 4.67. The van der Waals surface area contributed by atoms with Gasteiger partial charge in [-0.2, -0.15) is 0 Å². The second-order valence-corrected chi connectivity index (χ2v) is 4.67. The van der Waals surface area contributed by atoms with Crippen LogP contribution in [0, 0.1) is 0 Å². The Balaban J connectivity index is 1.71. The summed E-state index contributed by atoms with van der Waals surface area (Å²) in [6.07, 6.45) is 4.99. The molecule has 104 valence electrons. The van der Waals surface area contributed by atoms with Crippen molar-refractivity contribution < 1.29 is 9.59 Å². The fourth-order valence-corrected chi connectivity index (χ4v) is 2.22. The van der Waals surface area contributed by atoms with Gasteiger partial charge in [-0.05, 0) is 12.1 Å². The number of Topliss-reactive ketones (excluding diaryl/α,β-unsaturated/α-hetero) is 2. The SMILES string of the molecule is O=C(CCC(=O)c1c[nH]c2ccccc12)c1ncccn1. The minimum Gasteiger partial charge on any atom is -0.360 e. The molecule has 0 aliphatic rings. The summed E-state index contributed by atoms with van der Waals surface area (Å²) in [6.45, 7) is 0. The van der Waals surface area contributed by atoms with Crippen molar-refractivity contribution in [2.24, 2.45) is 0 Å². The summed E-state index contributed by atoms with van der Waals surface area (Å²) in [5.74, 6) is -0.121. The molecule has 0 spiro atoms. The number of hydrogen-bond donors (Lipinski definition) is 1. The number of ketones is 2. The first-order chi connectivity index (χ1) is 10.3. The van der Waals surface area contributed by atoms with Gasteiger partial charge < -0.3 is 4.98 Å². The minimum atomic E-state index is -0.219. The lowest BCUT2D eigenvalue weighted by Gasteiger charge is -1.99. The number of carbonyl (C=O) groups excluding carboxylic acids is 2. The lowest BCUT2D eigenvalue weighted by atomic mass is 10.0. The monoisotopic (exact) mass is 279 g/mol. The first kappa shape index (κ1) is 13.2. The zero-order valence-corrected chi connectivity index (χ0v) is 11.2. The van der Waals surface area contributed by atoms with Crippen molar-refractivity contribution in [1.82, 2.24) is 15.0 Å². The van der Waals surface area contributed by atoms with Gasteiger partial charge in [0.25, 0.3) is 0 Å². The van der Waals surface area contributed by atoms with E-state index in [1.807, 2.05) is 24.3 Å². The maximum atomic E-state index is 12.2. The van der Waals surface area contributed by atoms with Crippen LogP contribution in [-0.4, -0.2) is 26.5 Å². The van der Waals surface area contributed by atoms with E-state index in [1.165, 1.54) is 12.4 Å². The number of hydrogen-bond acceptors (Lipinski definition) is 4. The lowest BCUT2D eigenvalue weighted by Crippen LogP contribution is -2.08. The third-order valence-electron chi connectivity index (χ3n) is 3.28. The Morgan fingerprint density at radius 3 is 2.48 bits per heavy atom. The van der Waals surface area contributed by atoms with Crippen LogP contribution in [0.2, 0.25) is 0 Å². The van der Waals surface area contributed by atoms with Crippen LogP contribution in [0.25, 0.3) is 10.9 Å². The van der Waals surface area contributed by atoms with Crippen LogP contribution in [0.3, 0.4) is 0 Å². The van der Waals surface area contributed by atoms with Gasteiger partial charge in [0.05, 0.1) is 0 Å². The molecule has 0 fully saturated rings. The van der Waals surface area contributed by atoms with Gasteiger partial charge >= 0.3 is 0 Å². The van der Waals surface area contributed by atoms with E-state index in [9.17, 15) is 9.59 Å². The Labute approximate surface area is 121 Å². The van der Waals surface area contributed by atoms with E-state index in [4.69, 9.17) is 0 Å². The maximum absolute atomic E-state index is 12.2. The molecule has 0 aliphatic carbocycles. The number of rotatable bonds is 5. The van der Waals surface area contributed by atoms with Crippen molar-refractivity contribution in [3.8, 4) is 0 Å². The molecule has 0 radical (unpaired) electrons. The van der Waals surface area contributed by atoms with Crippen molar-refractivity contribution in [2.45, 2.75) is 12.8 Å². The topological polar surface area (TPSA) is 75.7 Å². The molecule has 0 atom stereocenters. The highest BCUT2D eigenvalue weighted by Crippen LogP contribution is 2.19. The number of aromatic nitrogens is 3. The molecular formula is C16H13N3O2. The first-order valence-electron chi connectivity index (χ1n) is 6.65. The molecule has 0 amide bonds. The summed E-state index contributed by atoms with van der Waals surface area (Å²) in [6, 6.07) is 9.24. The first-order valence-corrected chi connectivity index (χ1v) is 6.65. The van der Waals surface area contributed by atoms with Crippen LogP contribution in [0.4, 0.5) is 0 Å². The number of H-pyrrole nitrogens is 1. The fraction of sp³-hybridized carbons (Fsp3) is 0.125. The van der Waals surface area contributed by atoms with Gasteiger partial charge in [-0.1, -0.05) is 18.2 Å². The molecule has 1 N–H and O–H groups in total. The van der Waals surface area contributed by atoms with Crippen LogP contribution in [0.1, 0.15) is 33.8 Å². The van der Waals surface area contributed by atoms with Crippen LogP contribution in [-0.2, 0) is 0 Å². The highest BCUT2D eigenvalue weighted by Gasteiger charge is 2.15. The predicted molar refractivity (Wildman–Crippen MR) is 78.2 cm³/mol. The van der Waals surface area contributed by atoms with E-state index >= 15 is 0 Å². The normalized spacial score (nSPS) is 10.7. The Kier molecular flexibility index (Phi) is 3.55. The summed E-state index contributed by atoms with van der Waals surface area (Å²) in [7, 11) is 0. The van der Waals surface area contributed by atoms with Crippen molar-refractivity contribution in [3.63, 3.8) is 0 Å². The third kappa shape index (κ3) is 2.72. The largest absolute Gasteiger partial charge is 0.360 e. The van der Waals surface area contributed by atoms with Crippen LogP contribution in [0.5, 0.6) is 0 Å². The summed E-state index contributed by atoms with van der Waals surface area (Å²) in [5, 5.41) is 0.880. The van der Waals surface area contributed by atoms with Gasteiger partial charge in [0.1, 0.15) is 0 Å². The van der Waals surface area contributed by atoms with Crippen molar-refractivity contribution in [3.05, 3.63) is 60.3 Å². The highest BCUT2D eigenvalue weighted by atomic mass is 16.1. The molecule has 0 unspecified atom stereocenters. The minimum absolute atomic E-state index is 0.0586. The third-order valence-corrected chi connectivity index (χ3v) is 3.28. The predicted octanol–water partition coefficient (Wildman–Crippen LogP) is 2.80. The Bertz CT molecular complexity index is 793. The van der Waals surface area contributed by atoms with Crippen molar-refractivity contribution in [1.29, 1.82) is 0 Å². The van der Waals surface area contributed by atoms with Crippen molar-refractivity contribution >= 4 is 22.5 Å². The van der Waals surface area contributed by atoms with Crippen molar-refractivity contribution in [2.75, 3.05) is 0 Å². The van der Waals surface area contributed by atoms with Crippen LogP contribution < -0.4 is 0 Å². The average Bonchev–Trinajstić information content (AvgIpc) is 2.97. The average molecular weight is 279 g/mol. The Hall–Kier alpha value is -2.82. The molecule has 1 aromatic carbocycles. The Morgan fingerprint density at radius 1 is 0.952 bits per heavy atom. The molecule has 21 heavy (non-hydrogen) atoms. The van der Waals surface area contributed by atoms with E-state index in [2.05, 4.69) is 15.0 Å². The molecule has 0 bridgehead atoms. The number of nitrogens with zero attached hydrogens (tertiary/aromatic N) is 2. The number of fused-ring (bicyclic) bond motifs is 1. The number of benzene rings is 1. The van der Waals surface area contributed by atoms with Gasteiger partial charge in [-0.3, -0.25) is 9.59 Å². The Morgan fingerprint density at radius 2 is 1.67 bits per heavy atom. The standard InChI is InChI=1S/C16H13N3O2/c20-14(6-7-15(21)16-17-8-3-9-18-16)12-10-19-13-5-2-1-4-11(12)13/h1-5,8-10,19H,6-7H2. The summed E-state index contributed by atoms with van der Waals surface area (Å²) >= 11 is 0. The number of carbonyl (C=O) groups is 2. The molecule has 3 aromatic rings. The molecule has 3 rings (SSSR count). The smallest absolute Gasteiger partial charge is 0.200 e. The molecule has 0 saturated heterocycles. The number of aromatic amines is 1. The molecule has 0 aliphatic heterocycles.